The van der Waals surface area contributed by atoms with Gasteiger partial charge >= 0.3 is 6.03 Å². The molecule has 3 amide bonds. The van der Waals surface area contributed by atoms with Crippen LogP contribution in [0, 0.1) is 5.92 Å². The van der Waals surface area contributed by atoms with E-state index in [1.165, 1.54) is 0 Å². The molecule has 0 fully saturated rings. The summed E-state index contributed by atoms with van der Waals surface area (Å²) in [7, 11) is 1.99. The molecule has 3 atom stereocenters. The first kappa shape index (κ1) is 30.7. The summed E-state index contributed by atoms with van der Waals surface area (Å²) in [4.78, 5) is 30.3. The molecule has 0 saturated carbocycles. The van der Waals surface area contributed by atoms with Crippen LogP contribution in [-0.2, 0) is 6.54 Å². The number of anilines is 2. The maximum absolute atomic E-state index is 13.7. The van der Waals surface area contributed by atoms with Crippen molar-refractivity contribution in [3.63, 3.8) is 0 Å². The second-order valence-electron chi connectivity index (χ2n) is 10.9. The van der Waals surface area contributed by atoms with Gasteiger partial charge in [0.15, 0.2) is 11.5 Å². The van der Waals surface area contributed by atoms with Crippen molar-refractivity contribution in [3.8, 4) is 17.2 Å². The van der Waals surface area contributed by atoms with Crippen LogP contribution in [-0.4, -0.2) is 72.5 Å². The van der Waals surface area contributed by atoms with E-state index in [2.05, 4.69) is 15.5 Å². The molecule has 0 saturated heterocycles. The predicted octanol–water partition coefficient (Wildman–Crippen LogP) is 5.72. The summed E-state index contributed by atoms with van der Waals surface area (Å²) in [5.74, 6) is 1.23. The molecule has 5 rings (SSSR count). The van der Waals surface area contributed by atoms with Gasteiger partial charge in [-0.1, -0.05) is 36.2 Å². The largest absolute Gasteiger partial charge is 0.488 e. The van der Waals surface area contributed by atoms with Crippen molar-refractivity contribution in [1.82, 2.24) is 9.80 Å². The van der Waals surface area contributed by atoms with Crippen LogP contribution >= 0.6 is 23.2 Å². The molecule has 3 aromatic rings. The van der Waals surface area contributed by atoms with Crippen LogP contribution in [0.15, 0.2) is 54.6 Å². The Labute approximate surface area is 260 Å². The standard InChI is InChI=1S/C31H34Cl2N4O6/c1-18-13-37(19(2)16-38)30(39)23-11-21(34-31(40)35-22-6-9-27-28(12-22)42-17-41-27)5-8-26(23)43-29(18)15-36(3)14-20-4-7-24(32)25(33)10-20/h4-12,18-19,29,38H,13-17H2,1-3H3,(H2,34,35,40)/t18-,19+,29+/m1/s1. The maximum atomic E-state index is 13.7. The summed E-state index contributed by atoms with van der Waals surface area (Å²) >= 11 is 12.3. The first-order valence-electron chi connectivity index (χ1n) is 13.9. The topological polar surface area (TPSA) is 113 Å². The van der Waals surface area contributed by atoms with Gasteiger partial charge in [0.1, 0.15) is 11.9 Å². The van der Waals surface area contributed by atoms with Gasteiger partial charge in [-0.3, -0.25) is 9.69 Å². The number of nitrogens with one attached hydrogen (secondary N) is 2. The summed E-state index contributed by atoms with van der Waals surface area (Å²) in [5, 5.41) is 16.5. The predicted molar refractivity (Wildman–Crippen MR) is 166 cm³/mol. The third-order valence-electron chi connectivity index (χ3n) is 7.48. The number of nitrogens with zero attached hydrogens (tertiary/aromatic N) is 2. The third kappa shape index (κ3) is 7.27. The molecule has 0 unspecified atom stereocenters. The number of urea groups is 1. The van der Waals surface area contributed by atoms with Crippen molar-refractivity contribution in [3.05, 3.63) is 75.8 Å². The van der Waals surface area contributed by atoms with Gasteiger partial charge in [-0.2, -0.15) is 0 Å². The number of carbonyl (C=O) groups excluding carboxylic acids is 2. The second kappa shape index (κ2) is 13.3. The molecule has 2 heterocycles. The normalized spacial score (nSPS) is 18.4. The van der Waals surface area contributed by atoms with Gasteiger partial charge in [0, 0.05) is 43.0 Å². The van der Waals surface area contributed by atoms with E-state index in [0.717, 1.165) is 5.56 Å². The van der Waals surface area contributed by atoms with E-state index in [-0.39, 0.29) is 31.3 Å². The van der Waals surface area contributed by atoms with Crippen LogP contribution in [0.1, 0.15) is 29.8 Å². The molecule has 3 aromatic carbocycles. The van der Waals surface area contributed by atoms with E-state index in [1.54, 1.807) is 54.3 Å². The number of aliphatic hydroxyl groups excluding tert-OH is 1. The molecule has 0 aromatic heterocycles. The molecule has 0 bridgehead atoms. The summed E-state index contributed by atoms with van der Waals surface area (Å²) in [5.41, 5.74) is 2.24. The number of hydrogen-bond donors (Lipinski definition) is 3. The Bertz CT molecular complexity index is 1510. The highest BCUT2D eigenvalue weighted by Gasteiger charge is 2.33. The number of fused-ring (bicyclic) bond motifs is 2. The van der Waals surface area contributed by atoms with Gasteiger partial charge in [-0.25, -0.2) is 4.79 Å². The van der Waals surface area contributed by atoms with Crippen molar-refractivity contribution >= 4 is 46.5 Å². The zero-order chi connectivity index (χ0) is 30.7. The number of hydrogen-bond acceptors (Lipinski definition) is 7. The smallest absolute Gasteiger partial charge is 0.323 e. The van der Waals surface area contributed by atoms with Gasteiger partial charge in [0.05, 0.1) is 28.3 Å². The van der Waals surface area contributed by atoms with Crippen molar-refractivity contribution < 1.29 is 28.9 Å². The summed E-state index contributed by atoms with van der Waals surface area (Å²) in [6, 6.07) is 14.7. The first-order valence-corrected chi connectivity index (χ1v) is 14.7. The van der Waals surface area contributed by atoms with Crippen LogP contribution in [0.5, 0.6) is 17.2 Å². The zero-order valence-corrected chi connectivity index (χ0v) is 25.6. The van der Waals surface area contributed by atoms with Crippen LogP contribution in [0.3, 0.4) is 0 Å². The van der Waals surface area contributed by atoms with Crippen molar-refractivity contribution in [1.29, 1.82) is 0 Å². The number of ether oxygens (including phenoxy) is 3. The first-order chi connectivity index (χ1) is 20.6. The molecule has 43 heavy (non-hydrogen) atoms. The quantitative estimate of drug-likeness (QED) is 0.292. The Hall–Kier alpha value is -3.70. The van der Waals surface area contributed by atoms with E-state index in [1.807, 2.05) is 26.1 Å². The number of rotatable bonds is 8. The molecule has 2 aliphatic heterocycles. The highest BCUT2D eigenvalue weighted by atomic mass is 35.5. The molecular weight excluding hydrogens is 595 g/mol. The number of amides is 3. The number of likely N-dealkylation sites (N-methyl/N-ethyl adjacent to an activating group) is 1. The van der Waals surface area contributed by atoms with E-state index >= 15 is 0 Å². The number of benzene rings is 3. The minimum atomic E-state index is -0.492. The van der Waals surface area contributed by atoms with Gasteiger partial charge in [0.2, 0.25) is 6.79 Å². The highest BCUT2D eigenvalue weighted by molar-refractivity contribution is 6.42. The molecule has 12 heteroatoms. The Morgan fingerprint density at radius 2 is 1.72 bits per heavy atom. The zero-order valence-electron chi connectivity index (χ0n) is 24.1. The van der Waals surface area contributed by atoms with E-state index in [9.17, 15) is 14.7 Å². The Morgan fingerprint density at radius 3 is 2.44 bits per heavy atom. The van der Waals surface area contributed by atoms with Gasteiger partial charge in [0.25, 0.3) is 5.91 Å². The summed E-state index contributed by atoms with van der Waals surface area (Å²) in [6.45, 7) is 5.35. The van der Waals surface area contributed by atoms with Crippen molar-refractivity contribution in [2.24, 2.45) is 5.92 Å². The van der Waals surface area contributed by atoms with E-state index in [0.29, 0.717) is 63.9 Å². The third-order valence-corrected chi connectivity index (χ3v) is 8.22. The highest BCUT2D eigenvalue weighted by Crippen LogP contribution is 2.35. The fourth-order valence-corrected chi connectivity index (χ4v) is 5.43. The number of carbonyl (C=O) groups is 2. The SMILES string of the molecule is C[C@@H]1CN([C@@H](C)CO)C(=O)c2cc(NC(=O)Nc3ccc4c(c3)OCO4)ccc2O[C@H]1CN(C)Cc1ccc(Cl)c(Cl)c1. The van der Waals surface area contributed by atoms with Crippen LogP contribution in [0.25, 0.3) is 0 Å². The Balaban J connectivity index is 1.34. The van der Waals surface area contributed by atoms with Crippen LogP contribution < -0.4 is 24.8 Å². The van der Waals surface area contributed by atoms with Gasteiger partial charge in [-0.15, -0.1) is 0 Å². The molecule has 0 aliphatic carbocycles. The fraction of sp³-hybridized carbons (Fsp3) is 0.355. The van der Waals surface area contributed by atoms with E-state index < -0.39 is 12.1 Å². The Kier molecular flexibility index (Phi) is 9.51. The number of aliphatic hydroxyl groups is 1. The molecule has 10 nitrogen and oxygen atoms in total. The lowest BCUT2D eigenvalue weighted by Gasteiger charge is -2.38. The monoisotopic (exact) mass is 628 g/mol. The minimum absolute atomic E-state index is 0.0485. The number of halogens is 2. The van der Waals surface area contributed by atoms with Crippen molar-refractivity contribution in [2.45, 2.75) is 32.5 Å². The van der Waals surface area contributed by atoms with Crippen molar-refractivity contribution in [2.75, 3.05) is 44.2 Å². The molecule has 0 radical (unpaired) electrons. The molecular formula is C31H34Cl2N4O6. The molecule has 2 aliphatic rings. The minimum Gasteiger partial charge on any atom is -0.488 e. The Morgan fingerprint density at radius 1 is 1.02 bits per heavy atom. The lowest BCUT2D eigenvalue weighted by molar-refractivity contribution is 0.0341. The summed E-state index contributed by atoms with van der Waals surface area (Å²) in [6.07, 6.45) is -0.277. The molecule has 3 N–H and O–H groups in total. The molecule has 0 spiro atoms. The van der Waals surface area contributed by atoms with E-state index in [4.69, 9.17) is 37.4 Å². The van der Waals surface area contributed by atoms with Gasteiger partial charge < -0.3 is 34.9 Å². The maximum Gasteiger partial charge on any atom is 0.323 e. The van der Waals surface area contributed by atoms with Crippen LogP contribution in [0.4, 0.5) is 16.2 Å². The lowest BCUT2D eigenvalue weighted by atomic mass is 9.99. The average Bonchev–Trinajstić information content (AvgIpc) is 3.44. The lowest BCUT2D eigenvalue weighted by Crippen LogP contribution is -2.49. The van der Waals surface area contributed by atoms with Gasteiger partial charge in [-0.05, 0) is 62.0 Å². The average molecular weight is 630 g/mol. The molecule has 228 valence electrons. The fourth-order valence-electron chi connectivity index (χ4n) is 5.11. The second-order valence-corrected chi connectivity index (χ2v) is 11.7. The van der Waals surface area contributed by atoms with Crippen LogP contribution in [0.2, 0.25) is 10.0 Å². The summed E-state index contributed by atoms with van der Waals surface area (Å²) < 4.78 is 17.2.